The smallest absolute Gasteiger partial charge is 0.327 e. The van der Waals surface area contributed by atoms with Crippen LogP contribution in [0.25, 0.3) is 0 Å². The lowest BCUT2D eigenvalue weighted by atomic mass is 9.87. The number of hydrogen-bond donors (Lipinski definition) is 1. The molecule has 1 fully saturated rings. The van der Waals surface area contributed by atoms with Crippen LogP contribution in [0.4, 0.5) is 26.3 Å². The number of hydrogen-bond acceptors (Lipinski definition) is 4. The van der Waals surface area contributed by atoms with Gasteiger partial charge in [0.2, 0.25) is 10.0 Å². The van der Waals surface area contributed by atoms with Gasteiger partial charge in [0.25, 0.3) is 0 Å². The molecule has 1 aromatic heterocycles. The second-order valence-electron chi connectivity index (χ2n) is 7.73. The molecule has 1 aliphatic heterocycles. The van der Waals surface area contributed by atoms with Gasteiger partial charge >= 0.3 is 6.18 Å². The van der Waals surface area contributed by atoms with Crippen LogP contribution in [0.15, 0.2) is 30.3 Å². The summed E-state index contributed by atoms with van der Waals surface area (Å²) in [5, 5.41) is 0. The Morgan fingerprint density at radius 3 is 2.31 bits per heavy atom. The molecule has 5 nitrogen and oxygen atoms in total. The van der Waals surface area contributed by atoms with Crippen LogP contribution in [0.3, 0.4) is 0 Å². The zero-order valence-corrected chi connectivity index (χ0v) is 17.6. The third-order valence-corrected chi connectivity index (χ3v) is 7.28. The standard InChI is InChI=1S/C20H21F6N3O2S/c21-15-10-17(23)16(22)8-13(15)9-18(27)12-4-6-29(7-5-12)32(30,31)11-14-2-1-3-19(28-14)20(24,25)26/h1-3,8,10,12,18H,4-7,9,11,27H2. The molecule has 0 amide bonds. The van der Waals surface area contributed by atoms with E-state index in [0.717, 1.165) is 22.5 Å². The molecular weight excluding hydrogens is 460 g/mol. The van der Waals surface area contributed by atoms with Crippen molar-refractivity contribution in [2.45, 2.75) is 37.2 Å². The summed E-state index contributed by atoms with van der Waals surface area (Å²) < 4.78 is 105. The molecule has 32 heavy (non-hydrogen) atoms. The van der Waals surface area contributed by atoms with Gasteiger partial charge in [0, 0.05) is 25.2 Å². The van der Waals surface area contributed by atoms with Crippen LogP contribution in [0.5, 0.6) is 0 Å². The quantitative estimate of drug-likeness (QED) is 0.505. The molecule has 2 N–H and O–H groups in total. The van der Waals surface area contributed by atoms with E-state index >= 15 is 0 Å². The Hall–Kier alpha value is -2.18. The minimum absolute atomic E-state index is 0.0470. The van der Waals surface area contributed by atoms with Crippen molar-refractivity contribution in [3.05, 3.63) is 64.7 Å². The van der Waals surface area contributed by atoms with Gasteiger partial charge in [0.05, 0.1) is 5.69 Å². The number of nitrogens with two attached hydrogens (primary N) is 1. The van der Waals surface area contributed by atoms with Gasteiger partial charge in [-0.1, -0.05) is 6.07 Å². The maximum absolute atomic E-state index is 13.9. The maximum atomic E-state index is 13.9. The lowest BCUT2D eigenvalue weighted by Gasteiger charge is -2.34. The molecule has 0 radical (unpaired) electrons. The fourth-order valence-electron chi connectivity index (χ4n) is 3.72. The van der Waals surface area contributed by atoms with E-state index in [1.165, 1.54) is 6.07 Å². The van der Waals surface area contributed by atoms with Crippen LogP contribution >= 0.6 is 0 Å². The van der Waals surface area contributed by atoms with Crippen molar-refractivity contribution in [3.8, 4) is 0 Å². The molecule has 0 spiro atoms. The molecule has 12 heteroatoms. The molecule has 3 rings (SSSR count). The Bertz CT molecular complexity index is 1070. The van der Waals surface area contributed by atoms with Crippen molar-refractivity contribution in [3.63, 3.8) is 0 Å². The molecule has 2 aromatic rings. The number of sulfonamides is 1. The predicted molar refractivity (Wildman–Crippen MR) is 104 cm³/mol. The van der Waals surface area contributed by atoms with E-state index in [1.807, 2.05) is 0 Å². The van der Waals surface area contributed by atoms with E-state index in [0.29, 0.717) is 18.9 Å². The van der Waals surface area contributed by atoms with Crippen LogP contribution < -0.4 is 5.73 Å². The number of nitrogens with zero attached hydrogens (tertiary/aromatic N) is 2. The minimum Gasteiger partial charge on any atom is -0.327 e. The molecule has 1 unspecified atom stereocenters. The lowest BCUT2D eigenvalue weighted by molar-refractivity contribution is -0.141. The third kappa shape index (κ3) is 5.78. The molecule has 0 bridgehead atoms. The van der Waals surface area contributed by atoms with Crippen LogP contribution in [0.2, 0.25) is 0 Å². The number of aromatic nitrogens is 1. The van der Waals surface area contributed by atoms with Gasteiger partial charge in [-0.15, -0.1) is 0 Å². The third-order valence-electron chi connectivity index (χ3n) is 5.47. The van der Waals surface area contributed by atoms with Gasteiger partial charge in [-0.05, 0) is 48.9 Å². The molecule has 1 aromatic carbocycles. The molecule has 2 heterocycles. The summed E-state index contributed by atoms with van der Waals surface area (Å²) in [6.07, 6.45) is -4.06. The zero-order valence-electron chi connectivity index (χ0n) is 16.7. The largest absolute Gasteiger partial charge is 0.433 e. The minimum atomic E-state index is -4.68. The van der Waals surface area contributed by atoms with Crippen LogP contribution in [0, 0.1) is 23.4 Å². The zero-order chi connectivity index (χ0) is 23.7. The highest BCUT2D eigenvalue weighted by atomic mass is 32.2. The van der Waals surface area contributed by atoms with Crippen molar-refractivity contribution in [2.75, 3.05) is 13.1 Å². The number of piperidine rings is 1. The van der Waals surface area contributed by atoms with Gasteiger partial charge in [-0.3, -0.25) is 0 Å². The molecule has 176 valence electrons. The number of benzene rings is 1. The fraction of sp³-hybridized carbons (Fsp3) is 0.450. The summed E-state index contributed by atoms with van der Waals surface area (Å²) in [5.74, 6) is -4.26. The number of rotatable bonds is 6. The van der Waals surface area contributed by atoms with Crippen molar-refractivity contribution >= 4 is 10.0 Å². The van der Waals surface area contributed by atoms with Gasteiger partial charge in [0.15, 0.2) is 11.6 Å². The monoisotopic (exact) mass is 481 g/mol. The van der Waals surface area contributed by atoms with Gasteiger partial charge in [-0.25, -0.2) is 30.9 Å². The number of pyridine rings is 1. The van der Waals surface area contributed by atoms with E-state index in [4.69, 9.17) is 5.73 Å². The first-order valence-corrected chi connectivity index (χ1v) is 11.4. The van der Waals surface area contributed by atoms with Crippen LogP contribution in [-0.2, 0) is 28.4 Å². The SMILES string of the molecule is NC(Cc1cc(F)c(F)cc1F)C1CCN(S(=O)(=O)Cc2cccc(C(F)(F)F)n2)CC1. The highest BCUT2D eigenvalue weighted by molar-refractivity contribution is 7.88. The first-order chi connectivity index (χ1) is 14.9. The molecule has 1 saturated heterocycles. The summed E-state index contributed by atoms with van der Waals surface area (Å²) >= 11 is 0. The summed E-state index contributed by atoms with van der Waals surface area (Å²) in [6, 6.07) is 3.68. The normalized spacial score (nSPS) is 17.5. The van der Waals surface area contributed by atoms with E-state index in [9.17, 15) is 34.8 Å². The van der Waals surface area contributed by atoms with Crippen molar-refractivity contribution < 1.29 is 34.8 Å². The topological polar surface area (TPSA) is 76.3 Å². The first-order valence-electron chi connectivity index (χ1n) is 9.77. The molecular formula is C20H21F6N3O2S. The van der Waals surface area contributed by atoms with Crippen LogP contribution in [0.1, 0.15) is 29.8 Å². The van der Waals surface area contributed by atoms with E-state index in [-0.39, 0.29) is 36.7 Å². The lowest BCUT2D eigenvalue weighted by Crippen LogP contribution is -2.44. The van der Waals surface area contributed by atoms with E-state index < -0.39 is 51.1 Å². The van der Waals surface area contributed by atoms with Gasteiger partial charge < -0.3 is 5.73 Å². The van der Waals surface area contributed by atoms with Crippen molar-refractivity contribution in [1.29, 1.82) is 0 Å². The molecule has 1 atom stereocenters. The Kier molecular flexibility index (Phi) is 7.15. The molecule has 1 aliphatic rings. The Morgan fingerprint density at radius 1 is 1.06 bits per heavy atom. The predicted octanol–water partition coefficient (Wildman–Crippen LogP) is 3.63. The summed E-state index contributed by atoms with van der Waals surface area (Å²) in [5.41, 5.74) is 4.66. The highest BCUT2D eigenvalue weighted by Crippen LogP contribution is 2.29. The van der Waals surface area contributed by atoms with Crippen LogP contribution in [-0.4, -0.2) is 36.8 Å². The van der Waals surface area contributed by atoms with E-state index in [2.05, 4.69) is 4.98 Å². The Balaban J connectivity index is 1.60. The fourth-order valence-corrected chi connectivity index (χ4v) is 5.20. The average molecular weight is 481 g/mol. The molecule has 0 saturated carbocycles. The first kappa shape index (κ1) is 24.5. The summed E-state index contributed by atoms with van der Waals surface area (Å²) in [6.45, 7) is 0.167. The highest BCUT2D eigenvalue weighted by Gasteiger charge is 2.34. The second-order valence-corrected chi connectivity index (χ2v) is 9.70. The van der Waals surface area contributed by atoms with Crippen molar-refractivity contribution in [1.82, 2.24) is 9.29 Å². The summed E-state index contributed by atoms with van der Waals surface area (Å²) in [4.78, 5) is 3.39. The second kappa shape index (κ2) is 9.36. The summed E-state index contributed by atoms with van der Waals surface area (Å²) in [7, 11) is -3.91. The number of alkyl halides is 3. The maximum Gasteiger partial charge on any atom is 0.433 e. The van der Waals surface area contributed by atoms with E-state index in [1.54, 1.807) is 0 Å². The van der Waals surface area contributed by atoms with Gasteiger partial charge in [0.1, 0.15) is 17.3 Å². The Morgan fingerprint density at radius 2 is 1.69 bits per heavy atom. The van der Waals surface area contributed by atoms with Crippen molar-refractivity contribution in [2.24, 2.45) is 11.7 Å². The average Bonchev–Trinajstić information content (AvgIpc) is 2.71. The van der Waals surface area contributed by atoms with Gasteiger partial charge in [-0.2, -0.15) is 13.2 Å². The number of halogens is 6. The Labute approximate surface area is 181 Å². The molecule has 0 aliphatic carbocycles.